The number of nitrogens with one attached hydrogen (secondary N) is 2. The predicted octanol–water partition coefficient (Wildman–Crippen LogP) is 4.28. The molecular weight excluding hydrogens is 424 g/mol. The van der Waals surface area contributed by atoms with Gasteiger partial charge in [-0.1, -0.05) is 36.2 Å². The third-order valence-electron chi connectivity index (χ3n) is 7.25. The highest BCUT2D eigenvalue weighted by Crippen LogP contribution is 2.31. The lowest BCUT2D eigenvalue weighted by atomic mass is 9.95. The molecule has 4 rings (SSSR count). The van der Waals surface area contributed by atoms with Gasteiger partial charge in [0.1, 0.15) is 0 Å². The van der Waals surface area contributed by atoms with Crippen molar-refractivity contribution in [3.05, 3.63) is 58.1 Å². The highest BCUT2D eigenvalue weighted by Gasteiger charge is 2.26. The highest BCUT2D eigenvalue weighted by molar-refractivity contribution is 6.39. The Morgan fingerprint density at radius 2 is 1.62 bits per heavy atom. The molecule has 0 aromatic heterocycles. The first-order valence-corrected chi connectivity index (χ1v) is 12.6. The van der Waals surface area contributed by atoms with E-state index in [1.807, 2.05) is 32.9 Å². The van der Waals surface area contributed by atoms with E-state index in [2.05, 4.69) is 45.7 Å². The van der Waals surface area contributed by atoms with E-state index in [1.54, 1.807) is 0 Å². The van der Waals surface area contributed by atoms with Crippen molar-refractivity contribution in [2.75, 3.05) is 43.4 Å². The number of carbonyl (C=O) groups is 2. The van der Waals surface area contributed by atoms with Crippen LogP contribution < -0.4 is 15.5 Å². The van der Waals surface area contributed by atoms with Gasteiger partial charge >= 0.3 is 11.8 Å². The van der Waals surface area contributed by atoms with Crippen LogP contribution in [0.5, 0.6) is 0 Å². The summed E-state index contributed by atoms with van der Waals surface area (Å²) in [5, 5.41) is 5.76. The number of hydrogen-bond acceptors (Lipinski definition) is 4. The molecule has 2 aromatic carbocycles. The molecule has 0 bridgehead atoms. The summed E-state index contributed by atoms with van der Waals surface area (Å²) in [6.07, 6.45) is 5.84. The molecule has 6 nitrogen and oxygen atoms in total. The molecule has 2 aromatic rings. The van der Waals surface area contributed by atoms with Gasteiger partial charge in [-0.05, 0) is 87.9 Å². The monoisotopic (exact) mass is 462 g/mol. The fraction of sp³-hybridized carbons (Fsp3) is 0.500. The van der Waals surface area contributed by atoms with Crippen molar-refractivity contribution in [2.45, 2.75) is 58.9 Å². The van der Waals surface area contributed by atoms with Crippen LogP contribution >= 0.6 is 0 Å². The van der Waals surface area contributed by atoms with Gasteiger partial charge in [-0.2, -0.15) is 0 Å². The minimum absolute atomic E-state index is 0.0671. The van der Waals surface area contributed by atoms with Gasteiger partial charge < -0.3 is 15.5 Å². The van der Waals surface area contributed by atoms with Gasteiger partial charge in [0, 0.05) is 31.5 Å². The van der Waals surface area contributed by atoms with E-state index in [1.165, 1.54) is 36.1 Å². The number of amides is 2. The SMILES string of the molecule is Cc1cc(C)c(NC(=O)C(=O)NC[C@@H](c2ccc3c(c2)CCCN3C)N2CCCCC2)c(C)c1. The third-order valence-corrected chi connectivity index (χ3v) is 7.25. The number of hydrogen-bond donors (Lipinski definition) is 2. The molecule has 1 fully saturated rings. The molecule has 0 saturated carbocycles. The van der Waals surface area contributed by atoms with Crippen LogP contribution in [0.25, 0.3) is 0 Å². The number of piperidine rings is 1. The third kappa shape index (κ3) is 5.44. The molecule has 0 radical (unpaired) electrons. The van der Waals surface area contributed by atoms with Gasteiger partial charge in [0.25, 0.3) is 0 Å². The Bertz CT molecular complexity index is 1040. The molecule has 34 heavy (non-hydrogen) atoms. The minimum atomic E-state index is -0.612. The van der Waals surface area contributed by atoms with Crippen molar-refractivity contribution < 1.29 is 9.59 Å². The number of anilines is 2. The maximum Gasteiger partial charge on any atom is 0.313 e. The number of rotatable bonds is 5. The maximum atomic E-state index is 12.8. The minimum Gasteiger partial charge on any atom is -0.374 e. The van der Waals surface area contributed by atoms with E-state index >= 15 is 0 Å². The summed E-state index contributed by atoms with van der Waals surface area (Å²) in [6, 6.07) is 10.8. The maximum absolute atomic E-state index is 12.8. The van der Waals surface area contributed by atoms with Crippen LogP contribution in [0, 0.1) is 20.8 Å². The van der Waals surface area contributed by atoms with E-state index in [-0.39, 0.29) is 6.04 Å². The summed E-state index contributed by atoms with van der Waals surface area (Å²) in [5.74, 6) is -1.20. The number of fused-ring (bicyclic) bond motifs is 1. The molecule has 1 atom stereocenters. The van der Waals surface area contributed by atoms with E-state index in [0.717, 1.165) is 54.9 Å². The molecule has 0 spiro atoms. The largest absolute Gasteiger partial charge is 0.374 e. The Balaban J connectivity index is 1.48. The van der Waals surface area contributed by atoms with E-state index in [9.17, 15) is 9.59 Å². The van der Waals surface area contributed by atoms with Crippen LogP contribution in [0.1, 0.15) is 59.5 Å². The second kappa shape index (κ2) is 10.6. The highest BCUT2D eigenvalue weighted by atomic mass is 16.2. The number of benzene rings is 2. The van der Waals surface area contributed by atoms with Crippen molar-refractivity contribution in [1.29, 1.82) is 0 Å². The fourth-order valence-corrected chi connectivity index (χ4v) is 5.52. The summed E-state index contributed by atoms with van der Waals surface area (Å²) in [6.45, 7) is 9.48. The van der Waals surface area contributed by atoms with Gasteiger partial charge in [0.15, 0.2) is 0 Å². The predicted molar refractivity (Wildman–Crippen MR) is 138 cm³/mol. The van der Waals surface area contributed by atoms with Crippen LogP contribution in [-0.4, -0.2) is 49.9 Å². The summed E-state index contributed by atoms with van der Waals surface area (Å²) in [5.41, 5.74) is 7.69. The van der Waals surface area contributed by atoms with E-state index in [4.69, 9.17) is 0 Å². The number of aryl methyl sites for hydroxylation is 4. The molecule has 182 valence electrons. The number of likely N-dealkylation sites (tertiary alicyclic amines) is 1. The number of nitrogens with zero attached hydrogens (tertiary/aromatic N) is 2. The zero-order chi connectivity index (χ0) is 24.2. The molecular formula is C28H38N4O2. The molecule has 0 unspecified atom stereocenters. The van der Waals surface area contributed by atoms with E-state index in [0.29, 0.717) is 6.54 Å². The Hall–Kier alpha value is -2.86. The Kier molecular flexibility index (Phi) is 7.57. The molecule has 2 aliphatic heterocycles. The number of carbonyl (C=O) groups excluding carboxylic acids is 2. The summed E-state index contributed by atoms with van der Waals surface area (Å²) >= 11 is 0. The van der Waals surface area contributed by atoms with Crippen molar-refractivity contribution in [3.63, 3.8) is 0 Å². The molecule has 0 aliphatic carbocycles. The van der Waals surface area contributed by atoms with Crippen LogP contribution in [0.4, 0.5) is 11.4 Å². The van der Waals surface area contributed by atoms with Crippen LogP contribution in [0.3, 0.4) is 0 Å². The first-order chi connectivity index (χ1) is 16.3. The van der Waals surface area contributed by atoms with Gasteiger partial charge in [0.05, 0.1) is 6.04 Å². The van der Waals surface area contributed by atoms with Gasteiger partial charge in [0.2, 0.25) is 0 Å². The molecule has 2 amide bonds. The van der Waals surface area contributed by atoms with Crippen molar-refractivity contribution >= 4 is 23.2 Å². The quantitative estimate of drug-likeness (QED) is 0.651. The van der Waals surface area contributed by atoms with Crippen LogP contribution in [-0.2, 0) is 16.0 Å². The molecule has 2 N–H and O–H groups in total. The summed E-state index contributed by atoms with van der Waals surface area (Å²) < 4.78 is 0. The van der Waals surface area contributed by atoms with Gasteiger partial charge in [-0.25, -0.2) is 0 Å². The van der Waals surface area contributed by atoms with Crippen molar-refractivity contribution in [1.82, 2.24) is 10.2 Å². The smallest absolute Gasteiger partial charge is 0.313 e. The first-order valence-electron chi connectivity index (χ1n) is 12.6. The topological polar surface area (TPSA) is 64.7 Å². The molecule has 2 aliphatic rings. The summed E-state index contributed by atoms with van der Waals surface area (Å²) in [4.78, 5) is 30.3. The normalized spacial score (nSPS) is 17.1. The lowest BCUT2D eigenvalue weighted by Gasteiger charge is -2.36. The first kappa shape index (κ1) is 24.3. The Morgan fingerprint density at radius 3 is 2.32 bits per heavy atom. The Morgan fingerprint density at radius 1 is 0.912 bits per heavy atom. The lowest BCUT2D eigenvalue weighted by Crippen LogP contribution is -2.43. The Labute approximate surface area is 203 Å². The molecule has 1 saturated heterocycles. The van der Waals surface area contributed by atoms with Crippen molar-refractivity contribution in [2.24, 2.45) is 0 Å². The summed E-state index contributed by atoms with van der Waals surface area (Å²) in [7, 11) is 2.15. The van der Waals surface area contributed by atoms with Gasteiger partial charge in [-0.3, -0.25) is 14.5 Å². The molecule has 6 heteroatoms. The zero-order valence-corrected chi connectivity index (χ0v) is 21.0. The average molecular weight is 463 g/mol. The zero-order valence-electron chi connectivity index (χ0n) is 21.0. The fourth-order valence-electron chi connectivity index (χ4n) is 5.52. The average Bonchev–Trinajstić information content (AvgIpc) is 2.82. The van der Waals surface area contributed by atoms with Crippen LogP contribution in [0.2, 0.25) is 0 Å². The van der Waals surface area contributed by atoms with Gasteiger partial charge in [-0.15, -0.1) is 0 Å². The second-order valence-electron chi connectivity index (χ2n) is 9.96. The molecule has 2 heterocycles. The standard InChI is InChI=1S/C28H38N4O2/c1-19-15-20(2)26(21(3)16-19)30-28(34)27(33)29-18-25(32-13-6-5-7-14-32)23-10-11-24-22(17-23)9-8-12-31(24)4/h10-11,15-17,25H,5-9,12-14,18H2,1-4H3,(H,29,33)(H,30,34)/t25-/m0/s1. The second-order valence-corrected chi connectivity index (χ2v) is 9.96. The van der Waals surface area contributed by atoms with Crippen LogP contribution in [0.15, 0.2) is 30.3 Å². The lowest BCUT2D eigenvalue weighted by molar-refractivity contribution is -0.136. The van der Waals surface area contributed by atoms with E-state index < -0.39 is 11.8 Å². The van der Waals surface area contributed by atoms with Crippen molar-refractivity contribution in [3.8, 4) is 0 Å².